The molecule has 0 aliphatic carbocycles. The minimum Gasteiger partial charge on any atom is -0.408 e. The molecular formula is C20H16N4O4. The number of rotatable bonds is 5. The number of anilines is 1. The van der Waals surface area contributed by atoms with E-state index in [0.29, 0.717) is 0 Å². The van der Waals surface area contributed by atoms with Gasteiger partial charge in [0.15, 0.2) is 0 Å². The third-order valence-corrected chi connectivity index (χ3v) is 4.47. The van der Waals surface area contributed by atoms with Gasteiger partial charge in [-0.05, 0) is 17.7 Å². The van der Waals surface area contributed by atoms with E-state index in [2.05, 4.69) is 15.5 Å². The zero-order chi connectivity index (χ0) is 19.7. The molecule has 2 aromatic carbocycles. The zero-order valence-electron chi connectivity index (χ0n) is 15.0. The van der Waals surface area contributed by atoms with Crippen LogP contribution in [0.25, 0.3) is 0 Å². The lowest BCUT2D eigenvalue weighted by Gasteiger charge is -2.24. The Morgan fingerprint density at radius 2 is 1.61 bits per heavy atom. The molecule has 8 nitrogen and oxygen atoms in total. The van der Waals surface area contributed by atoms with Crippen LogP contribution in [0.5, 0.6) is 0 Å². The van der Waals surface area contributed by atoms with Gasteiger partial charge < -0.3 is 4.42 Å². The second-order valence-electron chi connectivity index (χ2n) is 6.35. The van der Waals surface area contributed by atoms with Gasteiger partial charge in [-0.1, -0.05) is 47.6 Å². The Balaban J connectivity index is 1.68. The minimum absolute atomic E-state index is 0.0860. The van der Waals surface area contributed by atoms with Crippen molar-refractivity contribution >= 4 is 23.7 Å². The highest BCUT2D eigenvalue weighted by Gasteiger charge is 2.42. The molecule has 140 valence electrons. The van der Waals surface area contributed by atoms with Crippen LogP contribution in [0.4, 0.5) is 6.01 Å². The summed E-state index contributed by atoms with van der Waals surface area (Å²) >= 11 is 0. The van der Waals surface area contributed by atoms with E-state index in [9.17, 15) is 14.4 Å². The van der Waals surface area contributed by atoms with E-state index in [4.69, 9.17) is 4.42 Å². The summed E-state index contributed by atoms with van der Waals surface area (Å²) < 4.78 is 5.19. The third-order valence-electron chi connectivity index (χ3n) is 4.47. The van der Waals surface area contributed by atoms with Crippen LogP contribution in [0, 0.1) is 6.92 Å². The van der Waals surface area contributed by atoms with Crippen molar-refractivity contribution in [2.24, 2.45) is 0 Å². The number of aromatic nitrogens is 2. The molecule has 3 amide bonds. The molecule has 0 spiro atoms. The highest BCUT2D eigenvalue weighted by molar-refractivity contribution is 6.23. The van der Waals surface area contributed by atoms with Gasteiger partial charge in [-0.2, -0.15) is 0 Å². The fraction of sp³-hybridized carbons (Fsp3) is 0.150. The first kappa shape index (κ1) is 17.6. The number of imide groups is 1. The molecule has 1 aliphatic heterocycles. The minimum atomic E-state index is -1.07. The molecule has 1 aliphatic rings. The van der Waals surface area contributed by atoms with Crippen LogP contribution in [-0.2, 0) is 11.2 Å². The molecule has 28 heavy (non-hydrogen) atoms. The van der Waals surface area contributed by atoms with E-state index in [1.54, 1.807) is 31.2 Å². The van der Waals surface area contributed by atoms with E-state index >= 15 is 0 Å². The molecule has 2 heterocycles. The fourth-order valence-corrected chi connectivity index (χ4v) is 3.17. The van der Waals surface area contributed by atoms with E-state index in [1.165, 1.54) is 0 Å². The van der Waals surface area contributed by atoms with Crippen LogP contribution in [0.3, 0.4) is 0 Å². The first-order valence-corrected chi connectivity index (χ1v) is 8.66. The molecule has 3 aromatic rings. The molecule has 0 unspecified atom stereocenters. The molecule has 8 heteroatoms. The van der Waals surface area contributed by atoms with Gasteiger partial charge in [-0.3, -0.25) is 24.6 Å². The summed E-state index contributed by atoms with van der Waals surface area (Å²) in [7, 11) is 0. The smallest absolute Gasteiger partial charge is 0.322 e. The zero-order valence-corrected chi connectivity index (χ0v) is 15.0. The number of carbonyl (C=O) groups is 3. The van der Waals surface area contributed by atoms with E-state index in [-0.39, 0.29) is 29.5 Å². The Hall–Kier alpha value is -3.81. The first-order valence-electron chi connectivity index (χ1n) is 8.66. The Bertz CT molecular complexity index is 1030. The highest BCUT2D eigenvalue weighted by atomic mass is 16.4. The number of aryl methyl sites for hydroxylation is 1. The topological polar surface area (TPSA) is 105 Å². The summed E-state index contributed by atoms with van der Waals surface area (Å²) in [6.07, 6.45) is 0.158. The number of nitrogens with zero attached hydrogens (tertiary/aromatic N) is 3. The molecule has 0 radical (unpaired) electrons. The molecule has 1 atom stereocenters. The van der Waals surface area contributed by atoms with E-state index < -0.39 is 23.8 Å². The quantitative estimate of drug-likeness (QED) is 0.685. The molecule has 1 N–H and O–H groups in total. The second-order valence-corrected chi connectivity index (χ2v) is 6.35. The summed E-state index contributed by atoms with van der Waals surface area (Å²) in [5, 5.41) is 9.91. The van der Waals surface area contributed by atoms with Crippen molar-refractivity contribution in [1.29, 1.82) is 0 Å². The number of nitrogens with one attached hydrogen (secondary N) is 1. The Kier molecular flexibility index (Phi) is 4.44. The summed E-state index contributed by atoms with van der Waals surface area (Å²) in [4.78, 5) is 39.7. The van der Waals surface area contributed by atoms with Crippen LogP contribution in [-0.4, -0.2) is 38.9 Å². The Labute approximate surface area is 160 Å². The molecular weight excluding hydrogens is 360 g/mol. The Morgan fingerprint density at radius 3 is 2.18 bits per heavy atom. The molecule has 0 saturated carbocycles. The van der Waals surface area contributed by atoms with Crippen molar-refractivity contribution < 1.29 is 18.8 Å². The lowest BCUT2D eigenvalue weighted by atomic mass is 10.0. The lowest BCUT2D eigenvalue weighted by molar-refractivity contribution is -0.120. The standard InChI is InChI=1S/C20H16N4O4/c1-12-22-23-20(28-12)21-17(25)16(11-13-7-3-2-4-8-13)24-18(26)14-9-5-6-10-15(14)19(24)27/h2-10,16H,11H2,1H3,(H,21,23,25)/t16-/m0/s1. The van der Waals surface area contributed by atoms with Crippen molar-refractivity contribution in [3.63, 3.8) is 0 Å². The monoisotopic (exact) mass is 376 g/mol. The summed E-state index contributed by atoms with van der Waals surface area (Å²) in [5.41, 5.74) is 1.37. The number of hydrogen-bond acceptors (Lipinski definition) is 6. The summed E-state index contributed by atoms with van der Waals surface area (Å²) in [6, 6.07) is 14.5. The fourth-order valence-electron chi connectivity index (χ4n) is 3.17. The highest BCUT2D eigenvalue weighted by Crippen LogP contribution is 2.26. The van der Waals surface area contributed by atoms with Crippen LogP contribution in [0.1, 0.15) is 32.2 Å². The number of carbonyl (C=O) groups excluding carboxylic acids is 3. The van der Waals surface area contributed by atoms with Gasteiger partial charge in [-0.25, -0.2) is 0 Å². The van der Waals surface area contributed by atoms with Crippen molar-refractivity contribution in [2.75, 3.05) is 5.32 Å². The van der Waals surface area contributed by atoms with Gasteiger partial charge in [0.25, 0.3) is 17.7 Å². The molecule has 0 bridgehead atoms. The van der Waals surface area contributed by atoms with Crippen LogP contribution in [0.15, 0.2) is 59.0 Å². The number of amides is 3. The van der Waals surface area contributed by atoms with Crippen molar-refractivity contribution in [3.05, 3.63) is 77.2 Å². The predicted octanol–water partition coefficient (Wildman–Crippen LogP) is 2.22. The van der Waals surface area contributed by atoms with Crippen LogP contribution < -0.4 is 5.32 Å². The maximum atomic E-state index is 13.0. The number of hydrogen-bond donors (Lipinski definition) is 1. The lowest BCUT2D eigenvalue weighted by Crippen LogP contribution is -2.48. The van der Waals surface area contributed by atoms with Gasteiger partial charge in [0.2, 0.25) is 5.89 Å². The average Bonchev–Trinajstić information content (AvgIpc) is 3.22. The average molecular weight is 376 g/mol. The third kappa shape index (κ3) is 3.16. The normalized spacial score (nSPS) is 14.1. The van der Waals surface area contributed by atoms with Gasteiger partial charge in [0.1, 0.15) is 6.04 Å². The van der Waals surface area contributed by atoms with E-state index in [1.807, 2.05) is 30.3 Å². The SMILES string of the molecule is Cc1nnc(NC(=O)[C@H](Cc2ccccc2)N2C(=O)c3ccccc3C2=O)o1. The first-order chi connectivity index (χ1) is 13.5. The maximum Gasteiger partial charge on any atom is 0.322 e. The van der Waals surface area contributed by atoms with Crippen molar-refractivity contribution in [3.8, 4) is 0 Å². The largest absolute Gasteiger partial charge is 0.408 e. The van der Waals surface area contributed by atoms with Gasteiger partial charge >= 0.3 is 6.01 Å². The summed E-state index contributed by atoms with van der Waals surface area (Å²) in [5.74, 6) is -1.30. The van der Waals surface area contributed by atoms with Gasteiger partial charge in [-0.15, -0.1) is 5.10 Å². The molecule has 0 fully saturated rings. The van der Waals surface area contributed by atoms with Crippen molar-refractivity contribution in [1.82, 2.24) is 15.1 Å². The van der Waals surface area contributed by atoms with Crippen LogP contribution in [0.2, 0.25) is 0 Å². The second kappa shape index (κ2) is 7.07. The number of fused-ring (bicyclic) bond motifs is 1. The Morgan fingerprint density at radius 1 is 1.00 bits per heavy atom. The molecule has 1 aromatic heterocycles. The summed E-state index contributed by atoms with van der Waals surface area (Å²) in [6.45, 7) is 1.59. The van der Waals surface area contributed by atoms with Gasteiger partial charge in [0, 0.05) is 13.3 Å². The molecule has 4 rings (SSSR count). The predicted molar refractivity (Wildman–Crippen MR) is 98.5 cm³/mol. The maximum absolute atomic E-state index is 13.0. The van der Waals surface area contributed by atoms with Crippen LogP contribution >= 0.6 is 0 Å². The van der Waals surface area contributed by atoms with Gasteiger partial charge in [0.05, 0.1) is 11.1 Å². The van der Waals surface area contributed by atoms with Crippen molar-refractivity contribution in [2.45, 2.75) is 19.4 Å². The van der Waals surface area contributed by atoms with E-state index in [0.717, 1.165) is 10.5 Å². The number of benzene rings is 2. The molecule has 0 saturated heterocycles.